The third kappa shape index (κ3) is 2.89. The molecule has 0 bridgehead atoms. The zero-order chi connectivity index (χ0) is 14.9. The molecular weight excluding hydrogens is 299 g/mol. The Morgan fingerprint density at radius 3 is 2.70 bits per heavy atom. The average molecular weight is 313 g/mol. The van der Waals surface area contributed by atoms with E-state index in [-0.39, 0.29) is 17.6 Å². The maximum atomic E-state index is 12.1. The van der Waals surface area contributed by atoms with Crippen LogP contribution in [0.5, 0.6) is 0 Å². The lowest BCUT2D eigenvalue weighted by Crippen LogP contribution is -2.27. The monoisotopic (exact) mass is 312 g/mol. The fraction of sp³-hybridized carbons (Fsp3) is 0.231. The summed E-state index contributed by atoms with van der Waals surface area (Å²) in [4.78, 5) is 12.1. The van der Waals surface area contributed by atoms with E-state index in [0.717, 1.165) is 5.56 Å². The Hall–Kier alpha value is -1.72. The van der Waals surface area contributed by atoms with E-state index >= 15 is 0 Å². The molecule has 0 spiro atoms. The summed E-state index contributed by atoms with van der Waals surface area (Å²) < 4.78 is 0. The van der Waals surface area contributed by atoms with Crippen molar-refractivity contribution < 1.29 is 4.79 Å². The van der Waals surface area contributed by atoms with E-state index in [0.29, 0.717) is 21.4 Å². The van der Waals surface area contributed by atoms with Gasteiger partial charge in [-0.3, -0.25) is 9.89 Å². The van der Waals surface area contributed by atoms with Gasteiger partial charge in [0.2, 0.25) is 0 Å². The Bertz CT molecular complexity index is 654. The lowest BCUT2D eigenvalue weighted by molar-refractivity contribution is 0.0935. The second kappa shape index (κ2) is 5.73. The zero-order valence-corrected chi connectivity index (χ0v) is 12.5. The van der Waals surface area contributed by atoms with E-state index in [1.807, 2.05) is 6.92 Å². The Morgan fingerprint density at radius 2 is 2.15 bits per heavy atom. The lowest BCUT2D eigenvalue weighted by Gasteiger charge is -2.15. The van der Waals surface area contributed by atoms with Crippen molar-refractivity contribution in [3.05, 3.63) is 45.2 Å². The summed E-state index contributed by atoms with van der Waals surface area (Å²) in [6.45, 7) is 3.57. The van der Waals surface area contributed by atoms with Gasteiger partial charge in [0.1, 0.15) is 0 Å². The van der Waals surface area contributed by atoms with Crippen molar-refractivity contribution >= 4 is 34.8 Å². The highest BCUT2D eigenvalue weighted by Crippen LogP contribution is 2.26. The Balaban J connectivity index is 2.17. The second-order valence-electron chi connectivity index (χ2n) is 4.47. The molecule has 5 nitrogen and oxygen atoms in total. The molecule has 0 saturated carbocycles. The molecule has 2 rings (SSSR count). The summed E-state index contributed by atoms with van der Waals surface area (Å²) in [6.07, 6.45) is 0. The molecule has 0 aliphatic rings. The molecule has 0 fully saturated rings. The zero-order valence-electron chi connectivity index (χ0n) is 11.0. The molecule has 7 heteroatoms. The smallest absolute Gasteiger partial charge is 0.274 e. The van der Waals surface area contributed by atoms with Crippen LogP contribution in [0.15, 0.2) is 18.2 Å². The summed E-state index contributed by atoms with van der Waals surface area (Å²) >= 11 is 12.0. The minimum absolute atomic E-state index is 0.180. The molecule has 2 aromatic rings. The molecule has 1 atom stereocenters. The highest BCUT2D eigenvalue weighted by Gasteiger charge is 2.19. The van der Waals surface area contributed by atoms with Gasteiger partial charge in [0.25, 0.3) is 5.91 Å². The molecule has 0 aliphatic carbocycles. The van der Waals surface area contributed by atoms with Crippen LogP contribution in [0.3, 0.4) is 0 Å². The number of carbonyl (C=O) groups is 1. The van der Waals surface area contributed by atoms with Crippen LogP contribution >= 0.6 is 23.2 Å². The van der Waals surface area contributed by atoms with Gasteiger partial charge >= 0.3 is 0 Å². The van der Waals surface area contributed by atoms with E-state index in [1.165, 1.54) is 0 Å². The second-order valence-corrected chi connectivity index (χ2v) is 5.32. The molecule has 20 heavy (non-hydrogen) atoms. The van der Waals surface area contributed by atoms with Gasteiger partial charge in [-0.15, -0.1) is 0 Å². The SMILES string of the molecule is Cc1[nH]nc(C(=O)NC(C)c2ccc(Cl)cc2Cl)c1N. The highest BCUT2D eigenvalue weighted by atomic mass is 35.5. The van der Waals surface area contributed by atoms with Gasteiger partial charge in [-0.2, -0.15) is 5.10 Å². The van der Waals surface area contributed by atoms with Gasteiger partial charge < -0.3 is 11.1 Å². The number of hydrogen-bond donors (Lipinski definition) is 3. The Morgan fingerprint density at radius 1 is 1.45 bits per heavy atom. The van der Waals surface area contributed by atoms with E-state index in [4.69, 9.17) is 28.9 Å². The van der Waals surface area contributed by atoms with E-state index in [2.05, 4.69) is 15.5 Å². The minimum atomic E-state index is -0.356. The van der Waals surface area contributed by atoms with E-state index < -0.39 is 0 Å². The number of aromatic amines is 1. The quantitative estimate of drug-likeness (QED) is 0.814. The number of hydrogen-bond acceptors (Lipinski definition) is 3. The van der Waals surface area contributed by atoms with Crippen LogP contribution in [0.25, 0.3) is 0 Å². The molecule has 1 aromatic heterocycles. The molecule has 0 saturated heterocycles. The number of amides is 1. The number of H-pyrrole nitrogens is 1. The average Bonchev–Trinajstić information content (AvgIpc) is 2.69. The predicted octanol–water partition coefficient (Wildman–Crippen LogP) is 3.10. The number of benzene rings is 1. The Kier molecular flexibility index (Phi) is 4.20. The van der Waals surface area contributed by atoms with Crippen molar-refractivity contribution in [2.45, 2.75) is 19.9 Å². The number of anilines is 1. The number of nitrogens with zero attached hydrogens (tertiary/aromatic N) is 1. The van der Waals surface area contributed by atoms with Gasteiger partial charge in [-0.05, 0) is 31.5 Å². The van der Waals surface area contributed by atoms with Crippen LogP contribution in [0, 0.1) is 6.92 Å². The number of nitrogens with two attached hydrogens (primary N) is 1. The largest absolute Gasteiger partial charge is 0.395 e. The maximum absolute atomic E-state index is 12.1. The Labute approximate surface area is 126 Å². The van der Waals surface area contributed by atoms with Crippen molar-refractivity contribution in [1.29, 1.82) is 0 Å². The molecule has 106 valence electrons. The molecule has 1 amide bonds. The van der Waals surface area contributed by atoms with Gasteiger partial charge in [0.05, 0.1) is 17.4 Å². The summed E-state index contributed by atoms with van der Waals surface area (Å²) in [5.74, 6) is -0.356. The van der Waals surface area contributed by atoms with Crippen LogP contribution < -0.4 is 11.1 Å². The normalized spacial score (nSPS) is 12.2. The first-order valence-electron chi connectivity index (χ1n) is 5.96. The fourth-order valence-corrected chi connectivity index (χ4v) is 2.38. The van der Waals surface area contributed by atoms with E-state index in [1.54, 1.807) is 25.1 Å². The first kappa shape index (κ1) is 14.7. The minimum Gasteiger partial charge on any atom is -0.395 e. The number of aromatic nitrogens is 2. The number of carbonyl (C=O) groups excluding carboxylic acids is 1. The summed E-state index contributed by atoms with van der Waals surface area (Å²) in [6, 6.07) is 4.84. The number of nitrogens with one attached hydrogen (secondary N) is 2. The number of rotatable bonds is 3. The van der Waals surface area contributed by atoms with Crippen molar-refractivity contribution in [3.63, 3.8) is 0 Å². The van der Waals surface area contributed by atoms with Gasteiger partial charge in [-0.1, -0.05) is 29.3 Å². The van der Waals surface area contributed by atoms with Crippen LogP contribution in [0.4, 0.5) is 5.69 Å². The first-order valence-corrected chi connectivity index (χ1v) is 6.72. The molecule has 1 aromatic carbocycles. The maximum Gasteiger partial charge on any atom is 0.274 e. The van der Waals surface area contributed by atoms with Crippen LogP contribution in [-0.2, 0) is 0 Å². The summed E-state index contributed by atoms with van der Waals surface area (Å²) in [5, 5.41) is 10.4. The third-order valence-electron chi connectivity index (χ3n) is 2.99. The van der Waals surface area contributed by atoms with Crippen molar-refractivity contribution in [3.8, 4) is 0 Å². The van der Waals surface area contributed by atoms with Crippen LogP contribution in [0.1, 0.15) is 34.7 Å². The molecule has 4 N–H and O–H groups in total. The first-order chi connectivity index (χ1) is 9.40. The number of nitrogen functional groups attached to an aromatic ring is 1. The summed E-state index contributed by atoms with van der Waals surface area (Å²) in [7, 11) is 0. The standard InChI is InChI=1S/C13H14Cl2N4O/c1-6(9-4-3-8(14)5-10(9)15)17-13(20)12-11(16)7(2)18-19-12/h3-6H,16H2,1-2H3,(H,17,20)(H,18,19). The van der Waals surface area contributed by atoms with Crippen LogP contribution in [-0.4, -0.2) is 16.1 Å². The highest BCUT2D eigenvalue weighted by molar-refractivity contribution is 6.35. The molecule has 0 radical (unpaired) electrons. The fourth-order valence-electron chi connectivity index (χ4n) is 1.81. The van der Waals surface area contributed by atoms with Crippen molar-refractivity contribution in [2.24, 2.45) is 0 Å². The molecule has 1 heterocycles. The molecular formula is C13H14Cl2N4O. The number of aryl methyl sites for hydroxylation is 1. The topological polar surface area (TPSA) is 83.8 Å². The van der Waals surface area contributed by atoms with E-state index in [9.17, 15) is 4.79 Å². The molecule has 0 aliphatic heterocycles. The van der Waals surface area contributed by atoms with Crippen molar-refractivity contribution in [1.82, 2.24) is 15.5 Å². The summed E-state index contributed by atoms with van der Waals surface area (Å²) in [5.41, 5.74) is 7.73. The third-order valence-corrected chi connectivity index (χ3v) is 3.55. The van der Waals surface area contributed by atoms with Crippen molar-refractivity contribution in [2.75, 3.05) is 5.73 Å². The lowest BCUT2D eigenvalue weighted by atomic mass is 10.1. The van der Waals surface area contributed by atoms with Crippen LogP contribution in [0.2, 0.25) is 10.0 Å². The number of halogens is 2. The van der Waals surface area contributed by atoms with Gasteiger partial charge in [0, 0.05) is 10.0 Å². The predicted molar refractivity (Wildman–Crippen MR) is 80.1 cm³/mol. The van der Waals surface area contributed by atoms with Gasteiger partial charge in [-0.25, -0.2) is 0 Å². The van der Waals surface area contributed by atoms with Gasteiger partial charge in [0.15, 0.2) is 5.69 Å². The molecule has 1 unspecified atom stereocenters.